The maximum absolute atomic E-state index is 6.25. The van der Waals surface area contributed by atoms with E-state index in [9.17, 15) is 0 Å². The molecular weight excluding hydrogens is 445 g/mol. The molecule has 0 aromatic heterocycles. The number of benzene rings is 3. The monoisotopic (exact) mass is 463 g/mol. The zero-order valence-electron chi connectivity index (χ0n) is 14.9. The molecule has 0 aliphatic rings. The van der Waals surface area contributed by atoms with Gasteiger partial charge in [0.1, 0.15) is 12.4 Å². The fourth-order valence-electron chi connectivity index (χ4n) is 2.77. The standard InChI is InChI=1S/C22H20BrCl2NO/c1-15(16-6-3-2-4-7-16)26-13-17-12-18(23)10-11-22(17)27-14-19-20(24)8-5-9-21(19)25/h2-12,15,26H,13-14H2,1H3/t15-/m1/s1. The molecule has 0 spiro atoms. The SMILES string of the molecule is C[C@@H](NCc1cc(Br)ccc1OCc1c(Cl)cccc1Cl)c1ccccc1. The minimum Gasteiger partial charge on any atom is -0.488 e. The van der Waals surface area contributed by atoms with Gasteiger partial charge in [0.15, 0.2) is 0 Å². The summed E-state index contributed by atoms with van der Waals surface area (Å²) in [5.41, 5.74) is 3.11. The Morgan fingerprint density at radius 2 is 1.67 bits per heavy atom. The van der Waals surface area contributed by atoms with Crippen LogP contribution in [0.15, 0.2) is 71.2 Å². The summed E-state index contributed by atoms with van der Waals surface area (Å²) in [6, 6.07) is 22.0. The molecule has 0 fully saturated rings. The predicted molar refractivity (Wildman–Crippen MR) is 117 cm³/mol. The van der Waals surface area contributed by atoms with Crippen LogP contribution in [0.5, 0.6) is 5.75 Å². The van der Waals surface area contributed by atoms with Gasteiger partial charge in [-0.1, -0.05) is 75.5 Å². The second kappa shape index (κ2) is 9.61. The van der Waals surface area contributed by atoms with Gasteiger partial charge in [0.05, 0.1) is 0 Å². The van der Waals surface area contributed by atoms with E-state index in [0.29, 0.717) is 23.2 Å². The van der Waals surface area contributed by atoms with Crippen molar-refractivity contribution in [2.75, 3.05) is 0 Å². The molecule has 27 heavy (non-hydrogen) atoms. The predicted octanol–water partition coefficient (Wildman–Crippen LogP) is 7.19. The van der Waals surface area contributed by atoms with Gasteiger partial charge >= 0.3 is 0 Å². The highest BCUT2D eigenvalue weighted by atomic mass is 79.9. The first-order valence-corrected chi connectivity index (χ1v) is 10.2. The molecule has 3 aromatic carbocycles. The molecule has 0 unspecified atom stereocenters. The average molecular weight is 465 g/mol. The van der Waals surface area contributed by atoms with E-state index in [2.05, 4.69) is 58.5 Å². The highest BCUT2D eigenvalue weighted by Gasteiger charge is 2.11. The summed E-state index contributed by atoms with van der Waals surface area (Å²) < 4.78 is 7.06. The van der Waals surface area contributed by atoms with Crippen molar-refractivity contribution in [1.82, 2.24) is 5.32 Å². The van der Waals surface area contributed by atoms with Crippen LogP contribution >= 0.6 is 39.1 Å². The van der Waals surface area contributed by atoms with Crippen molar-refractivity contribution >= 4 is 39.1 Å². The zero-order chi connectivity index (χ0) is 19.2. The highest BCUT2D eigenvalue weighted by Crippen LogP contribution is 2.29. The molecule has 2 nitrogen and oxygen atoms in total. The van der Waals surface area contributed by atoms with Crippen LogP contribution in [0.1, 0.15) is 29.7 Å². The van der Waals surface area contributed by atoms with Crippen LogP contribution in [0.3, 0.4) is 0 Å². The first-order valence-electron chi connectivity index (χ1n) is 8.67. The third-order valence-corrected chi connectivity index (χ3v) is 5.56. The lowest BCUT2D eigenvalue weighted by atomic mass is 10.1. The van der Waals surface area contributed by atoms with E-state index in [4.69, 9.17) is 27.9 Å². The lowest BCUT2D eigenvalue weighted by molar-refractivity contribution is 0.302. The van der Waals surface area contributed by atoms with E-state index in [-0.39, 0.29) is 6.04 Å². The summed E-state index contributed by atoms with van der Waals surface area (Å²) in [4.78, 5) is 0. The number of halogens is 3. The molecule has 140 valence electrons. The Morgan fingerprint density at radius 1 is 0.963 bits per heavy atom. The number of hydrogen-bond acceptors (Lipinski definition) is 2. The molecule has 0 aliphatic carbocycles. The topological polar surface area (TPSA) is 21.3 Å². The molecule has 0 amide bonds. The highest BCUT2D eigenvalue weighted by molar-refractivity contribution is 9.10. The second-order valence-corrected chi connectivity index (χ2v) is 7.98. The minimum atomic E-state index is 0.232. The fourth-order valence-corrected chi connectivity index (χ4v) is 3.68. The molecule has 0 saturated carbocycles. The molecule has 3 aromatic rings. The van der Waals surface area contributed by atoms with Gasteiger partial charge in [0.2, 0.25) is 0 Å². The van der Waals surface area contributed by atoms with Crippen LogP contribution in [0.25, 0.3) is 0 Å². The summed E-state index contributed by atoms with van der Waals surface area (Å²) in [6.07, 6.45) is 0. The van der Waals surface area contributed by atoms with Crippen LogP contribution in [0.4, 0.5) is 0 Å². The van der Waals surface area contributed by atoms with Gasteiger partial charge < -0.3 is 10.1 Å². The molecule has 0 saturated heterocycles. The van der Waals surface area contributed by atoms with Crippen molar-refractivity contribution in [2.24, 2.45) is 0 Å². The molecule has 1 atom stereocenters. The second-order valence-electron chi connectivity index (χ2n) is 6.25. The quantitative estimate of drug-likeness (QED) is 0.399. The van der Waals surface area contributed by atoms with Crippen LogP contribution < -0.4 is 10.1 Å². The normalized spacial score (nSPS) is 12.0. The summed E-state index contributed by atoms with van der Waals surface area (Å²) >= 11 is 16.0. The van der Waals surface area contributed by atoms with Crippen LogP contribution in [-0.4, -0.2) is 0 Å². The molecule has 0 heterocycles. The molecular formula is C22H20BrCl2NO. The molecule has 0 bridgehead atoms. The average Bonchev–Trinajstić information content (AvgIpc) is 2.67. The Hall–Kier alpha value is -1.52. The van der Waals surface area contributed by atoms with E-state index in [1.54, 1.807) is 0 Å². The lowest BCUT2D eigenvalue weighted by Crippen LogP contribution is -2.18. The van der Waals surface area contributed by atoms with Crippen molar-refractivity contribution in [1.29, 1.82) is 0 Å². The number of rotatable bonds is 7. The van der Waals surface area contributed by atoms with Crippen molar-refractivity contribution < 1.29 is 4.74 Å². The molecule has 3 rings (SSSR count). The number of hydrogen-bond donors (Lipinski definition) is 1. The van der Waals surface area contributed by atoms with E-state index in [1.807, 2.05) is 36.4 Å². The molecule has 1 N–H and O–H groups in total. The van der Waals surface area contributed by atoms with Gasteiger partial charge in [0, 0.05) is 38.2 Å². The molecule has 5 heteroatoms. The van der Waals surface area contributed by atoms with Gasteiger partial charge in [-0.15, -0.1) is 0 Å². The minimum absolute atomic E-state index is 0.232. The first kappa shape index (κ1) is 20.2. The molecule has 0 radical (unpaired) electrons. The Morgan fingerprint density at radius 3 is 2.37 bits per heavy atom. The summed E-state index contributed by atoms with van der Waals surface area (Å²) in [5.74, 6) is 0.807. The maximum Gasteiger partial charge on any atom is 0.124 e. The van der Waals surface area contributed by atoms with Crippen LogP contribution in [-0.2, 0) is 13.2 Å². The summed E-state index contributed by atoms with van der Waals surface area (Å²) in [6.45, 7) is 3.15. The van der Waals surface area contributed by atoms with Gasteiger partial charge in [-0.3, -0.25) is 0 Å². The van der Waals surface area contributed by atoms with Crippen LogP contribution in [0, 0.1) is 0 Å². The van der Waals surface area contributed by atoms with E-state index in [1.165, 1.54) is 5.56 Å². The Labute approximate surface area is 178 Å². The van der Waals surface area contributed by atoms with Crippen molar-refractivity contribution in [3.05, 3.63) is 97.9 Å². The first-order chi connectivity index (χ1) is 13.0. The fraction of sp³-hybridized carbons (Fsp3) is 0.182. The largest absolute Gasteiger partial charge is 0.488 e. The summed E-state index contributed by atoms with van der Waals surface area (Å²) in [5, 5.41) is 4.77. The van der Waals surface area contributed by atoms with Crippen LogP contribution in [0.2, 0.25) is 10.0 Å². The van der Waals surface area contributed by atoms with Gasteiger partial charge in [-0.25, -0.2) is 0 Å². The molecule has 0 aliphatic heterocycles. The Kier molecular flexibility index (Phi) is 7.20. The lowest BCUT2D eigenvalue weighted by Gasteiger charge is -2.17. The van der Waals surface area contributed by atoms with Gasteiger partial charge in [-0.2, -0.15) is 0 Å². The van der Waals surface area contributed by atoms with Crippen molar-refractivity contribution in [3.63, 3.8) is 0 Å². The third kappa shape index (κ3) is 5.49. The van der Waals surface area contributed by atoms with E-state index in [0.717, 1.165) is 21.3 Å². The number of ether oxygens (including phenoxy) is 1. The Bertz CT molecular complexity index is 882. The maximum atomic E-state index is 6.25. The van der Waals surface area contributed by atoms with Crippen molar-refractivity contribution in [2.45, 2.75) is 26.1 Å². The van der Waals surface area contributed by atoms with Crippen molar-refractivity contribution in [3.8, 4) is 5.75 Å². The Balaban J connectivity index is 1.71. The smallest absolute Gasteiger partial charge is 0.124 e. The van der Waals surface area contributed by atoms with Gasteiger partial charge in [-0.05, 0) is 42.8 Å². The zero-order valence-corrected chi connectivity index (χ0v) is 18.0. The van der Waals surface area contributed by atoms with E-state index < -0.39 is 0 Å². The van der Waals surface area contributed by atoms with E-state index >= 15 is 0 Å². The third-order valence-electron chi connectivity index (χ3n) is 4.35. The summed E-state index contributed by atoms with van der Waals surface area (Å²) in [7, 11) is 0. The number of nitrogens with one attached hydrogen (secondary N) is 1. The van der Waals surface area contributed by atoms with Gasteiger partial charge in [0.25, 0.3) is 0 Å².